The van der Waals surface area contributed by atoms with Gasteiger partial charge in [-0.3, -0.25) is 4.79 Å². The normalized spacial score (nSPS) is 18.0. The average molecular weight is 214 g/mol. The van der Waals surface area contributed by atoms with E-state index in [0.29, 0.717) is 18.1 Å². The molecule has 0 heterocycles. The molecule has 0 spiro atoms. The van der Waals surface area contributed by atoms with Crippen LogP contribution >= 0.6 is 11.8 Å². The molecule has 2 N–H and O–H groups in total. The minimum absolute atomic E-state index is 0.106. The number of aliphatic hydroxyl groups is 1. The van der Waals surface area contributed by atoms with E-state index in [4.69, 9.17) is 5.26 Å². The summed E-state index contributed by atoms with van der Waals surface area (Å²) in [5, 5.41) is 20.6. The minimum atomic E-state index is -0.657. The first-order valence-electron chi connectivity index (χ1n) is 4.60. The lowest BCUT2D eigenvalue weighted by Gasteiger charge is -2.36. The second-order valence-corrected chi connectivity index (χ2v) is 4.49. The van der Waals surface area contributed by atoms with E-state index in [2.05, 4.69) is 5.32 Å². The predicted octanol–water partition coefficient (Wildman–Crippen LogP) is 0.274. The van der Waals surface area contributed by atoms with Crippen LogP contribution in [0.25, 0.3) is 0 Å². The number of nitrogens with zero attached hydrogens (tertiary/aromatic N) is 1. The lowest BCUT2D eigenvalue weighted by molar-refractivity contribution is -0.121. The average Bonchev–Trinajstić information content (AvgIpc) is 2.12. The zero-order valence-corrected chi connectivity index (χ0v) is 8.77. The zero-order valence-electron chi connectivity index (χ0n) is 7.95. The molecule has 1 aliphatic rings. The number of hydrogen-bond acceptors (Lipinski definition) is 4. The van der Waals surface area contributed by atoms with Crippen molar-refractivity contribution in [2.24, 2.45) is 0 Å². The molecule has 1 aliphatic carbocycles. The van der Waals surface area contributed by atoms with Crippen molar-refractivity contribution in [3.05, 3.63) is 0 Å². The Kier molecular flexibility index (Phi) is 4.23. The van der Waals surface area contributed by atoms with Gasteiger partial charge in [-0.1, -0.05) is 0 Å². The third-order valence-corrected chi connectivity index (χ3v) is 3.10. The molecular formula is C9H14N2O2S. The molecule has 1 amide bonds. The Morgan fingerprint density at radius 3 is 2.86 bits per heavy atom. The van der Waals surface area contributed by atoms with Crippen molar-refractivity contribution >= 4 is 17.7 Å². The summed E-state index contributed by atoms with van der Waals surface area (Å²) in [6.45, 7) is 0.346. The Balaban J connectivity index is 2.06. The van der Waals surface area contributed by atoms with Crippen LogP contribution in [0.5, 0.6) is 0 Å². The lowest BCUT2D eigenvalue weighted by atomic mass is 9.80. The summed E-state index contributed by atoms with van der Waals surface area (Å²) < 4.78 is 0. The first kappa shape index (κ1) is 11.3. The highest BCUT2D eigenvalue weighted by Gasteiger charge is 2.34. The fourth-order valence-corrected chi connectivity index (χ4v) is 1.75. The van der Waals surface area contributed by atoms with Crippen LogP contribution in [0.4, 0.5) is 0 Å². The summed E-state index contributed by atoms with van der Waals surface area (Å²) in [6, 6.07) is 1.95. The smallest absolute Gasteiger partial charge is 0.230 e. The zero-order chi connectivity index (χ0) is 10.4. The molecule has 0 atom stereocenters. The van der Waals surface area contributed by atoms with Crippen LogP contribution in [0, 0.1) is 11.3 Å². The molecule has 1 rings (SSSR count). The second kappa shape index (κ2) is 5.23. The molecule has 0 radical (unpaired) electrons. The summed E-state index contributed by atoms with van der Waals surface area (Å²) in [4.78, 5) is 11.2. The standard InChI is InChI=1S/C9H14N2O2S/c10-4-5-14-6-8(12)11-7-9(13)2-1-3-9/h13H,1-3,5-7H2,(H,11,12). The van der Waals surface area contributed by atoms with Crippen LogP contribution in [0.2, 0.25) is 0 Å². The van der Waals surface area contributed by atoms with Crippen molar-refractivity contribution in [3.63, 3.8) is 0 Å². The van der Waals surface area contributed by atoms with Gasteiger partial charge < -0.3 is 10.4 Å². The molecule has 0 aromatic heterocycles. The van der Waals surface area contributed by atoms with Gasteiger partial charge in [-0.2, -0.15) is 5.26 Å². The highest BCUT2D eigenvalue weighted by Crippen LogP contribution is 2.30. The lowest BCUT2D eigenvalue weighted by Crippen LogP contribution is -2.48. The van der Waals surface area contributed by atoms with Crippen molar-refractivity contribution in [2.45, 2.75) is 24.9 Å². The van der Waals surface area contributed by atoms with E-state index in [1.54, 1.807) is 0 Å². The highest BCUT2D eigenvalue weighted by atomic mass is 32.2. The molecule has 5 heteroatoms. The van der Waals surface area contributed by atoms with Gasteiger partial charge in [0.1, 0.15) is 0 Å². The maximum atomic E-state index is 11.2. The largest absolute Gasteiger partial charge is 0.388 e. The molecule has 0 saturated heterocycles. The van der Waals surface area contributed by atoms with Crippen LogP contribution in [0.3, 0.4) is 0 Å². The van der Waals surface area contributed by atoms with E-state index in [0.717, 1.165) is 19.3 Å². The molecule has 0 aromatic rings. The Morgan fingerprint density at radius 1 is 1.64 bits per heavy atom. The van der Waals surface area contributed by atoms with Crippen molar-refractivity contribution in [2.75, 3.05) is 18.1 Å². The van der Waals surface area contributed by atoms with Gasteiger partial charge in [0, 0.05) is 6.54 Å². The van der Waals surface area contributed by atoms with Crippen LogP contribution in [0.15, 0.2) is 0 Å². The van der Waals surface area contributed by atoms with Crippen LogP contribution < -0.4 is 5.32 Å². The van der Waals surface area contributed by atoms with Gasteiger partial charge in [-0.05, 0) is 19.3 Å². The van der Waals surface area contributed by atoms with E-state index < -0.39 is 5.60 Å². The van der Waals surface area contributed by atoms with E-state index in [9.17, 15) is 9.90 Å². The molecule has 4 nitrogen and oxygen atoms in total. The maximum Gasteiger partial charge on any atom is 0.230 e. The van der Waals surface area contributed by atoms with Gasteiger partial charge in [0.25, 0.3) is 0 Å². The third-order valence-electron chi connectivity index (χ3n) is 2.30. The number of carbonyl (C=O) groups is 1. The summed E-state index contributed by atoms with van der Waals surface area (Å²) >= 11 is 1.28. The van der Waals surface area contributed by atoms with E-state index in [1.807, 2.05) is 6.07 Å². The van der Waals surface area contributed by atoms with Crippen molar-refractivity contribution in [1.29, 1.82) is 5.26 Å². The van der Waals surface area contributed by atoms with Crippen molar-refractivity contribution in [1.82, 2.24) is 5.32 Å². The highest BCUT2D eigenvalue weighted by molar-refractivity contribution is 8.00. The molecule has 0 aromatic carbocycles. The quantitative estimate of drug-likeness (QED) is 0.644. The fraction of sp³-hybridized carbons (Fsp3) is 0.778. The van der Waals surface area contributed by atoms with Crippen molar-refractivity contribution < 1.29 is 9.90 Å². The predicted molar refractivity (Wildman–Crippen MR) is 54.7 cm³/mol. The maximum absolute atomic E-state index is 11.2. The molecule has 1 fully saturated rings. The van der Waals surface area contributed by atoms with Gasteiger partial charge in [-0.25, -0.2) is 0 Å². The molecular weight excluding hydrogens is 200 g/mol. The topological polar surface area (TPSA) is 73.1 Å². The minimum Gasteiger partial charge on any atom is -0.388 e. The SMILES string of the molecule is N#CCSCC(=O)NCC1(O)CCC1. The van der Waals surface area contributed by atoms with Crippen LogP contribution in [0.1, 0.15) is 19.3 Å². The first-order chi connectivity index (χ1) is 6.66. The Morgan fingerprint density at radius 2 is 2.36 bits per heavy atom. The number of hydrogen-bond donors (Lipinski definition) is 2. The monoisotopic (exact) mass is 214 g/mol. The van der Waals surface area contributed by atoms with Crippen LogP contribution in [-0.4, -0.2) is 34.7 Å². The summed E-state index contributed by atoms with van der Waals surface area (Å²) in [7, 11) is 0. The van der Waals surface area contributed by atoms with Gasteiger partial charge >= 0.3 is 0 Å². The van der Waals surface area contributed by atoms with Crippen LogP contribution in [-0.2, 0) is 4.79 Å². The molecule has 0 unspecified atom stereocenters. The van der Waals surface area contributed by atoms with E-state index in [-0.39, 0.29) is 5.91 Å². The summed E-state index contributed by atoms with van der Waals surface area (Å²) in [5.41, 5.74) is -0.657. The molecule has 0 bridgehead atoms. The number of rotatable bonds is 5. The van der Waals surface area contributed by atoms with Crippen molar-refractivity contribution in [3.8, 4) is 6.07 Å². The second-order valence-electron chi connectivity index (χ2n) is 3.51. The van der Waals surface area contributed by atoms with Gasteiger partial charge in [0.15, 0.2) is 0 Å². The molecule has 0 aliphatic heterocycles. The first-order valence-corrected chi connectivity index (χ1v) is 5.75. The van der Waals surface area contributed by atoms with Gasteiger partial charge in [0.05, 0.1) is 23.2 Å². The third kappa shape index (κ3) is 3.56. The number of carbonyl (C=O) groups excluding carboxylic acids is 1. The van der Waals surface area contributed by atoms with E-state index >= 15 is 0 Å². The van der Waals surface area contributed by atoms with Gasteiger partial charge in [0.2, 0.25) is 5.91 Å². The summed E-state index contributed by atoms with van der Waals surface area (Å²) in [6.07, 6.45) is 2.59. The number of thioether (sulfide) groups is 1. The summed E-state index contributed by atoms with van der Waals surface area (Å²) in [5.74, 6) is 0.520. The fourth-order valence-electron chi connectivity index (χ4n) is 1.27. The number of amides is 1. The number of nitriles is 1. The van der Waals surface area contributed by atoms with Gasteiger partial charge in [-0.15, -0.1) is 11.8 Å². The molecule has 14 heavy (non-hydrogen) atoms. The Hall–Kier alpha value is -0.730. The number of nitrogens with one attached hydrogen (secondary N) is 1. The molecule has 1 saturated carbocycles. The Bertz CT molecular complexity index is 246. The molecule has 78 valence electrons. The van der Waals surface area contributed by atoms with E-state index in [1.165, 1.54) is 11.8 Å². The Labute approximate surface area is 87.7 Å².